The number of methoxy groups -OCH3 is 2. The lowest BCUT2D eigenvalue weighted by Gasteiger charge is -2.14. The number of unbranched alkanes of at least 4 members (excludes halogenated alkanes) is 3. The zero-order valence-corrected chi connectivity index (χ0v) is 19.0. The van der Waals surface area contributed by atoms with Crippen LogP contribution in [-0.2, 0) is 0 Å². The quantitative estimate of drug-likeness (QED) is 0.264. The van der Waals surface area contributed by atoms with E-state index < -0.39 is 0 Å². The van der Waals surface area contributed by atoms with Crippen LogP contribution in [0.3, 0.4) is 0 Å². The Hall–Kier alpha value is -3.47. The number of rotatable bonds is 10. The van der Waals surface area contributed by atoms with Gasteiger partial charge in [0.25, 0.3) is 0 Å². The van der Waals surface area contributed by atoms with Crippen molar-refractivity contribution >= 4 is 11.0 Å². The molecule has 0 bridgehead atoms. The van der Waals surface area contributed by atoms with E-state index in [2.05, 4.69) is 29.7 Å². The van der Waals surface area contributed by atoms with Crippen LogP contribution in [0.15, 0.2) is 66.7 Å². The number of aromatic nitrogens is 2. The van der Waals surface area contributed by atoms with Gasteiger partial charge in [-0.1, -0.05) is 56.5 Å². The number of benzene rings is 3. The minimum atomic E-state index is 0.675. The molecule has 4 aromatic rings. The number of hydrogen-bond acceptors (Lipinski definition) is 4. The molecule has 1 heterocycles. The van der Waals surface area contributed by atoms with Crippen LogP contribution in [-0.4, -0.2) is 30.4 Å². The predicted octanol–water partition coefficient (Wildman–Crippen LogP) is 6.67. The summed E-state index contributed by atoms with van der Waals surface area (Å²) in [5, 5.41) is 0. The summed E-state index contributed by atoms with van der Waals surface area (Å²) in [5.41, 5.74) is 3.89. The Morgan fingerprint density at radius 2 is 1.62 bits per heavy atom. The molecule has 32 heavy (non-hydrogen) atoms. The summed E-state index contributed by atoms with van der Waals surface area (Å²) < 4.78 is 19.2. The second-order valence-corrected chi connectivity index (χ2v) is 7.74. The fraction of sp³-hybridized carbons (Fsp3) is 0.296. The SMILES string of the molecule is CCCCCCOc1ccc2nc(-c3ccccc3)n(-c3ccc(OC)c(OC)c3)c2c1. The fourth-order valence-electron chi connectivity index (χ4n) is 3.87. The van der Waals surface area contributed by atoms with E-state index in [9.17, 15) is 0 Å². The van der Waals surface area contributed by atoms with Crippen LogP contribution >= 0.6 is 0 Å². The number of fused-ring (bicyclic) bond motifs is 1. The molecule has 0 aliphatic carbocycles. The summed E-state index contributed by atoms with van der Waals surface area (Å²) in [7, 11) is 3.29. The molecule has 0 N–H and O–H groups in total. The van der Waals surface area contributed by atoms with Gasteiger partial charge in [-0.2, -0.15) is 0 Å². The van der Waals surface area contributed by atoms with E-state index in [0.29, 0.717) is 11.5 Å². The second-order valence-electron chi connectivity index (χ2n) is 7.74. The van der Waals surface area contributed by atoms with Crippen LogP contribution in [0.2, 0.25) is 0 Å². The van der Waals surface area contributed by atoms with Gasteiger partial charge in [-0.25, -0.2) is 4.98 Å². The normalized spacial score (nSPS) is 11.0. The Morgan fingerprint density at radius 3 is 2.38 bits per heavy atom. The molecule has 5 heteroatoms. The molecule has 0 amide bonds. The van der Waals surface area contributed by atoms with Gasteiger partial charge in [0.05, 0.1) is 37.5 Å². The molecule has 0 saturated carbocycles. The lowest BCUT2D eigenvalue weighted by molar-refractivity contribution is 0.305. The Kier molecular flexibility index (Phi) is 6.95. The van der Waals surface area contributed by atoms with Crippen LogP contribution in [0, 0.1) is 0 Å². The van der Waals surface area contributed by atoms with E-state index in [1.54, 1.807) is 14.2 Å². The zero-order valence-electron chi connectivity index (χ0n) is 19.0. The van der Waals surface area contributed by atoms with E-state index in [1.165, 1.54) is 19.3 Å². The molecular weight excluding hydrogens is 400 g/mol. The average molecular weight is 431 g/mol. The molecule has 0 atom stereocenters. The van der Waals surface area contributed by atoms with E-state index >= 15 is 0 Å². The molecule has 0 spiro atoms. The Bertz CT molecular complexity index is 1170. The van der Waals surface area contributed by atoms with Crippen molar-refractivity contribution < 1.29 is 14.2 Å². The van der Waals surface area contributed by atoms with Gasteiger partial charge >= 0.3 is 0 Å². The maximum Gasteiger partial charge on any atom is 0.162 e. The molecule has 0 aliphatic heterocycles. The lowest BCUT2D eigenvalue weighted by atomic mass is 10.2. The third-order valence-corrected chi connectivity index (χ3v) is 5.55. The van der Waals surface area contributed by atoms with Crippen LogP contribution in [0.25, 0.3) is 28.1 Å². The number of imidazole rings is 1. The third-order valence-electron chi connectivity index (χ3n) is 5.55. The minimum Gasteiger partial charge on any atom is -0.494 e. The monoisotopic (exact) mass is 430 g/mol. The average Bonchev–Trinajstić information content (AvgIpc) is 3.23. The van der Waals surface area contributed by atoms with Crippen molar-refractivity contribution in [3.8, 4) is 34.3 Å². The number of ether oxygens (including phenoxy) is 3. The molecule has 0 radical (unpaired) electrons. The maximum atomic E-state index is 6.06. The molecule has 5 nitrogen and oxygen atoms in total. The van der Waals surface area contributed by atoms with Crippen molar-refractivity contribution in [1.29, 1.82) is 0 Å². The highest BCUT2D eigenvalue weighted by molar-refractivity contribution is 5.84. The van der Waals surface area contributed by atoms with Gasteiger partial charge < -0.3 is 14.2 Å². The van der Waals surface area contributed by atoms with E-state index in [4.69, 9.17) is 19.2 Å². The van der Waals surface area contributed by atoms with Crippen molar-refractivity contribution in [2.45, 2.75) is 32.6 Å². The summed E-state index contributed by atoms with van der Waals surface area (Å²) >= 11 is 0. The highest BCUT2D eigenvalue weighted by Gasteiger charge is 2.17. The smallest absolute Gasteiger partial charge is 0.162 e. The van der Waals surface area contributed by atoms with Gasteiger partial charge in [0.1, 0.15) is 11.6 Å². The first-order valence-corrected chi connectivity index (χ1v) is 11.2. The summed E-state index contributed by atoms with van der Waals surface area (Å²) in [6.07, 6.45) is 4.73. The van der Waals surface area contributed by atoms with Crippen LogP contribution in [0.1, 0.15) is 32.6 Å². The zero-order chi connectivity index (χ0) is 22.3. The molecule has 4 rings (SSSR count). The molecule has 0 fully saturated rings. The lowest BCUT2D eigenvalue weighted by Crippen LogP contribution is -2.00. The summed E-state index contributed by atoms with van der Waals surface area (Å²) in [6.45, 7) is 2.94. The molecule has 0 aliphatic rings. The van der Waals surface area contributed by atoms with Crippen molar-refractivity contribution in [1.82, 2.24) is 9.55 Å². The van der Waals surface area contributed by atoms with Crippen LogP contribution in [0.4, 0.5) is 0 Å². The largest absolute Gasteiger partial charge is 0.494 e. The van der Waals surface area contributed by atoms with Crippen molar-refractivity contribution in [2.75, 3.05) is 20.8 Å². The van der Waals surface area contributed by atoms with Crippen molar-refractivity contribution in [3.05, 3.63) is 66.7 Å². The van der Waals surface area contributed by atoms with Crippen molar-refractivity contribution in [2.24, 2.45) is 0 Å². The molecular formula is C27H30N2O3. The van der Waals surface area contributed by atoms with Gasteiger partial charge in [-0.05, 0) is 30.7 Å². The van der Waals surface area contributed by atoms with Gasteiger partial charge in [0, 0.05) is 17.7 Å². The Morgan fingerprint density at radius 1 is 0.812 bits per heavy atom. The molecule has 1 aromatic heterocycles. The Labute approximate surface area is 189 Å². The first-order valence-electron chi connectivity index (χ1n) is 11.2. The van der Waals surface area contributed by atoms with E-state index in [-0.39, 0.29) is 0 Å². The first-order chi connectivity index (χ1) is 15.7. The predicted molar refractivity (Wildman–Crippen MR) is 129 cm³/mol. The molecule has 166 valence electrons. The van der Waals surface area contributed by atoms with E-state index in [0.717, 1.165) is 46.9 Å². The maximum absolute atomic E-state index is 6.06. The highest BCUT2D eigenvalue weighted by atomic mass is 16.5. The Balaban J connectivity index is 1.79. The fourth-order valence-corrected chi connectivity index (χ4v) is 3.87. The summed E-state index contributed by atoms with van der Waals surface area (Å²) in [4.78, 5) is 4.95. The van der Waals surface area contributed by atoms with Crippen LogP contribution < -0.4 is 14.2 Å². The second kappa shape index (κ2) is 10.2. The molecule has 0 saturated heterocycles. The molecule has 0 unspecified atom stereocenters. The summed E-state index contributed by atoms with van der Waals surface area (Å²) in [5.74, 6) is 3.09. The van der Waals surface area contributed by atoms with Gasteiger partial charge in [-0.3, -0.25) is 4.57 Å². The summed E-state index contributed by atoms with van der Waals surface area (Å²) in [6, 6.07) is 22.2. The topological polar surface area (TPSA) is 45.5 Å². The number of hydrogen-bond donors (Lipinski definition) is 0. The minimum absolute atomic E-state index is 0.675. The van der Waals surface area contributed by atoms with Gasteiger partial charge in [0.15, 0.2) is 11.5 Å². The van der Waals surface area contributed by atoms with Gasteiger partial charge in [-0.15, -0.1) is 0 Å². The van der Waals surface area contributed by atoms with Crippen molar-refractivity contribution in [3.63, 3.8) is 0 Å². The van der Waals surface area contributed by atoms with Gasteiger partial charge in [0.2, 0.25) is 0 Å². The van der Waals surface area contributed by atoms with Crippen LogP contribution in [0.5, 0.6) is 17.2 Å². The third kappa shape index (κ3) is 4.57. The molecule has 3 aromatic carbocycles. The standard InChI is InChI=1S/C27H30N2O3/c1-4-5-6-10-17-32-22-14-15-23-24(19-22)29(27(28-23)20-11-8-7-9-12-20)21-13-16-25(30-2)26(18-21)31-3/h7-9,11-16,18-19H,4-6,10,17H2,1-3H3. The highest BCUT2D eigenvalue weighted by Crippen LogP contribution is 2.35. The first kappa shape index (κ1) is 21.8. The number of nitrogens with zero attached hydrogens (tertiary/aromatic N) is 2. The van der Waals surface area contributed by atoms with E-state index in [1.807, 2.05) is 48.5 Å².